The Hall–Kier alpha value is -1.13. The molecule has 1 aromatic rings. The molecule has 3 nitrogen and oxygen atoms in total. The summed E-state index contributed by atoms with van der Waals surface area (Å²) >= 11 is 1.54. The van der Waals surface area contributed by atoms with E-state index in [9.17, 15) is 4.79 Å². The van der Waals surface area contributed by atoms with E-state index in [2.05, 4.69) is 0 Å². The molecule has 70 valence electrons. The van der Waals surface area contributed by atoms with Crippen LogP contribution >= 0.6 is 11.3 Å². The highest BCUT2D eigenvalue weighted by Crippen LogP contribution is 2.22. The Balaban J connectivity index is 2.74. The summed E-state index contributed by atoms with van der Waals surface area (Å²) < 4.78 is 0. The molecule has 0 spiro atoms. The first-order valence-electron chi connectivity index (χ1n) is 3.82. The van der Waals surface area contributed by atoms with Crippen LogP contribution in [0.25, 0.3) is 0 Å². The quantitative estimate of drug-likeness (QED) is 0.725. The fourth-order valence-corrected chi connectivity index (χ4v) is 1.91. The van der Waals surface area contributed by atoms with Crippen molar-refractivity contribution in [3.8, 4) is 0 Å². The van der Waals surface area contributed by atoms with Crippen molar-refractivity contribution < 1.29 is 9.90 Å². The Kier molecular flexibility index (Phi) is 3.22. The van der Waals surface area contributed by atoms with Gasteiger partial charge in [0.1, 0.15) is 0 Å². The Labute approximate surface area is 80.5 Å². The standard InChI is InChI=1S/C9H11NO2S/c1-6-4-5-13-9(6)7(10)2-3-8(11)12/h2-5,7H,10H2,1H3,(H,11,12)/b3-2+. The van der Waals surface area contributed by atoms with Crippen LogP contribution in [0.5, 0.6) is 0 Å². The molecule has 0 amide bonds. The van der Waals surface area contributed by atoms with Gasteiger partial charge in [0.2, 0.25) is 0 Å². The molecule has 0 aromatic carbocycles. The number of thiophene rings is 1. The van der Waals surface area contributed by atoms with Gasteiger partial charge >= 0.3 is 5.97 Å². The van der Waals surface area contributed by atoms with E-state index >= 15 is 0 Å². The third-order valence-corrected chi connectivity index (χ3v) is 2.77. The SMILES string of the molecule is Cc1ccsc1C(N)/C=C/C(=O)O. The highest BCUT2D eigenvalue weighted by Gasteiger charge is 2.06. The number of aliphatic carboxylic acids is 1. The zero-order valence-electron chi connectivity index (χ0n) is 7.23. The lowest BCUT2D eigenvalue weighted by molar-refractivity contribution is -0.131. The van der Waals surface area contributed by atoms with Gasteiger partial charge in [0.05, 0.1) is 6.04 Å². The van der Waals surface area contributed by atoms with Gasteiger partial charge < -0.3 is 10.8 Å². The first kappa shape index (κ1) is 9.95. The molecule has 0 aliphatic rings. The third kappa shape index (κ3) is 2.68. The smallest absolute Gasteiger partial charge is 0.328 e. The topological polar surface area (TPSA) is 63.3 Å². The minimum Gasteiger partial charge on any atom is -0.478 e. The zero-order valence-corrected chi connectivity index (χ0v) is 8.04. The fraction of sp³-hybridized carbons (Fsp3) is 0.222. The molecular formula is C9H11NO2S. The third-order valence-electron chi connectivity index (χ3n) is 1.65. The summed E-state index contributed by atoms with van der Waals surface area (Å²) in [6.07, 6.45) is 2.56. The lowest BCUT2D eigenvalue weighted by Gasteiger charge is -2.03. The predicted octanol–water partition coefficient (Wildman–Crippen LogP) is 1.70. The molecule has 1 heterocycles. The Bertz CT molecular complexity index is 330. The van der Waals surface area contributed by atoms with Crippen LogP contribution in [0.2, 0.25) is 0 Å². The second-order valence-corrected chi connectivity index (χ2v) is 3.64. The molecule has 0 fully saturated rings. The van der Waals surface area contributed by atoms with E-state index in [4.69, 9.17) is 10.8 Å². The molecule has 1 atom stereocenters. The average molecular weight is 197 g/mol. The maximum Gasteiger partial charge on any atom is 0.328 e. The molecule has 3 N–H and O–H groups in total. The Morgan fingerprint density at radius 3 is 2.92 bits per heavy atom. The van der Waals surface area contributed by atoms with Crippen molar-refractivity contribution in [3.05, 3.63) is 34.0 Å². The number of hydrogen-bond donors (Lipinski definition) is 2. The summed E-state index contributed by atoms with van der Waals surface area (Å²) in [5.41, 5.74) is 6.85. The molecule has 1 rings (SSSR count). The molecule has 4 heteroatoms. The van der Waals surface area contributed by atoms with Crippen molar-refractivity contribution in [2.45, 2.75) is 13.0 Å². The van der Waals surface area contributed by atoms with Gasteiger partial charge in [-0.3, -0.25) is 0 Å². The van der Waals surface area contributed by atoms with Crippen LogP contribution in [0.3, 0.4) is 0 Å². The molecule has 1 unspecified atom stereocenters. The fourth-order valence-electron chi connectivity index (χ4n) is 0.999. The van der Waals surface area contributed by atoms with E-state index in [0.29, 0.717) is 0 Å². The minimum atomic E-state index is -0.968. The Morgan fingerprint density at radius 1 is 1.77 bits per heavy atom. The van der Waals surface area contributed by atoms with Crippen LogP contribution in [0.4, 0.5) is 0 Å². The van der Waals surface area contributed by atoms with Crippen LogP contribution in [-0.2, 0) is 4.79 Å². The van der Waals surface area contributed by atoms with E-state index in [1.165, 1.54) is 6.08 Å². The first-order chi connectivity index (χ1) is 6.11. The van der Waals surface area contributed by atoms with Gasteiger partial charge in [-0.15, -0.1) is 11.3 Å². The molecule has 13 heavy (non-hydrogen) atoms. The number of hydrogen-bond acceptors (Lipinski definition) is 3. The molecule has 0 aliphatic heterocycles. The number of carboxylic acids is 1. The van der Waals surface area contributed by atoms with E-state index in [1.54, 1.807) is 11.3 Å². The molecular weight excluding hydrogens is 186 g/mol. The predicted molar refractivity (Wildman–Crippen MR) is 52.8 cm³/mol. The van der Waals surface area contributed by atoms with Crippen molar-refractivity contribution in [2.75, 3.05) is 0 Å². The Morgan fingerprint density at radius 2 is 2.46 bits per heavy atom. The second kappa shape index (κ2) is 4.20. The highest BCUT2D eigenvalue weighted by molar-refractivity contribution is 7.10. The van der Waals surface area contributed by atoms with Gasteiger partial charge in [-0.05, 0) is 23.9 Å². The van der Waals surface area contributed by atoms with Crippen LogP contribution in [0, 0.1) is 6.92 Å². The molecule has 1 aromatic heterocycles. The van der Waals surface area contributed by atoms with Crippen LogP contribution in [0.1, 0.15) is 16.5 Å². The van der Waals surface area contributed by atoms with E-state index in [1.807, 2.05) is 18.4 Å². The van der Waals surface area contributed by atoms with Gasteiger partial charge in [0, 0.05) is 11.0 Å². The highest BCUT2D eigenvalue weighted by atomic mass is 32.1. The van der Waals surface area contributed by atoms with Gasteiger partial charge in [-0.2, -0.15) is 0 Å². The molecule has 0 bridgehead atoms. The van der Waals surface area contributed by atoms with Crippen molar-refractivity contribution in [2.24, 2.45) is 5.73 Å². The number of carboxylic acid groups (broad SMARTS) is 1. The summed E-state index contributed by atoms with van der Waals surface area (Å²) in [5.74, 6) is -0.968. The van der Waals surface area contributed by atoms with Gasteiger partial charge in [-0.1, -0.05) is 6.08 Å². The van der Waals surface area contributed by atoms with Crippen molar-refractivity contribution in [1.82, 2.24) is 0 Å². The van der Waals surface area contributed by atoms with Crippen LogP contribution in [-0.4, -0.2) is 11.1 Å². The largest absolute Gasteiger partial charge is 0.478 e. The first-order valence-corrected chi connectivity index (χ1v) is 4.70. The average Bonchev–Trinajstić information content (AvgIpc) is 2.47. The number of aryl methyl sites for hydroxylation is 1. The summed E-state index contributed by atoms with van der Waals surface area (Å²) in [7, 11) is 0. The molecule has 0 radical (unpaired) electrons. The van der Waals surface area contributed by atoms with E-state index in [-0.39, 0.29) is 6.04 Å². The maximum absolute atomic E-state index is 10.2. The monoisotopic (exact) mass is 197 g/mol. The lowest BCUT2D eigenvalue weighted by atomic mass is 10.1. The second-order valence-electron chi connectivity index (χ2n) is 2.69. The normalized spacial score (nSPS) is 13.4. The van der Waals surface area contributed by atoms with E-state index < -0.39 is 5.97 Å². The number of rotatable bonds is 3. The number of nitrogens with two attached hydrogens (primary N) is 1. The molecule has 0 saturated carbocycles. The van der Waals surface area contributed by atoms with Gasteiger partial charge in [0.25, 0.3) is 0 Å². The van der Waals surface area contributed by atoms with Gasteiger partial charge in [-0.25, -0.2) is 4.79 Å². The van der Waals surface area contributed by atoms with Crippen molar-refractivity contribution in [3.63, 3.8) is 0 Å². The minimum absolute atomic E-state index is 0.309. The van der Waals surface area contributed by atoms with Crippen LogP contribution in [0.15, 0.2) is 23.6 Å². The zero-order chi connectivity index (χ0) is 9.84. The summed E-state index contributed by atoms with van der Waals surface area (Å²) in [6, 6.07) is 1.66. The maximum atomic E-state index is 10.2. The van der Waals surface area contributed by atoms with Crippen LogP contribution < -0.4 is 5.73 Å². The van der Waals surface area contributed by atoms with Gasteiger partial charge in [0.15, 0.2) is 0 Å². The van der Waals surface area contributed by atoms with Crippen molar-refractivity contribution >= 4 is 17.3 Å². The summed E-state index contributed by atoms with van der Waals surface area (Å²) in [4.78, 5) is 11.2. The molecule has 0 aliphatic carbocycles. The van der Waals surface area contributed by atoms with Crippen molar-refractivity contribution in [1.29, 1.82) is 0 Å². The molecule has 0 saturated heterocycles. The van der Waals surface area contributed by atoms with E-state index in [0.717, 1.165) is 16.5 Å². The summed E-state index contributed by atoms with van der Waals surface area (Å²) in [6.45, 7) is 1.96. The summed E-state index contributed by atoms with van der Waals surface area (Å²) in [5, 5.41) is 10.3. The number of carbonyl (C=O) groups is 1. The lowest BCUT2D eigenvalue weighted by Crippen LogP contribution is -2.06.